The van der Waals surface area contributed by atoms with Gasteiger partial charge in [-0.1, -0.05) is 6.92 Å². The van der Waals surface area contributed by atoms with Crippen LogP contribution in [0.15, 0.2) is 16.9 Å². The lowest BCUT2D eigenvalue weighted by Crippen LogP contribution is -2.29. The summed E-state index contributed by atoms with van der Waals surface area (Å²) in [5.74, 6) is 0.464. The van der Waals surface area contributed by atoms with Gasteiger partial charge in [0.25, 0.3) is 0 Å². The van der Waals surface area contributed by atoms with Crippen molar-refractivity contribution in [2.24, 2.45) is 0 Å². The molecule has 0 saturated carbocycles. The summed E-state index contributed by atoms with van der Waals surface area (Å²) < 4.78 is 16.2. The Labute approximate surface area is 157 Å². The number of aromatic amines is 1. The molecule has 0 bridgehead atoms. The van der Waals surface area contributed by atoms with E-state index in [9.17, 15) is 14.7 Å². The molecule has 2 rings (SSSR count). The monoisotopic (exact) mass is 375 g/mol. The Balaban J connectivity index is 2.85. The van der Waals surface area contributed by atoms with Crippen LogP contribution in [0.1, 0.15) is 32.0 Å². The van der Waals surface area contributed by atoms with E-state index < -0.39 is 11.4 Å². The highest BCUT2D eigenvalue weighted by Crippen LogP contribution is 2.36. The Kier molecular flexibility index (Phi) is 5.95. The summed E-state index contributed by atoms with van der Waals surface area (Å²) in [4.78, 5) is 28.1. The normalized spacial score (nSPS) is 11.8. The number of hydrogen-bond acceptors (Lipinski definition) is 6. The second-order valence-corrected chi connectivity index (χ2v) is 6.53. The lowest BCUT2D eigenvalue weighted by molar-refractivity contribution is -0.128. The van der Waals surface area contributed by atoms with Gasteiger partial charge in [-0.05, 0) is 44.1 Å². The number of H-pyrrole nitrogens is 1. The molecule has 1 heterocycles. The van der Waals surface area contributed by atoms with E-state index >= 15 is 0 Å². The van der Waals surface area contributed by atoms with Crippen LogP contribution in [0, 0.1) is 0 Å². The molecule has 1 aromatic carbocycles. The number of ketones is 1. The van der Waals surface area contributed by atoms with Gasteiger partial charge < -0.3 is 24.3 Å². The zero-order valence-electron chi connectivity index (χ0n) is 16.4. The molecule has 146 valence electrons. The second kappa shape index (κ2) is 7.84. The first-order valence-corrected chi connectivity index (χ1v) is 8.52. The molecule has 7 heteroatoms. The maximum Gasteiger partial charge on any atom is 0.235 e. The Morgan fingerprint density at radius 3 is 2.30 bits per heavy atom. The van der Waals surface area contributed by atoms with E-state index in [1.54, 1.807) is 6.07 Å². The van der Waals surface area contributed by atoms with Crippen LogP contribution in [-0.4, -0.2) is 42.8 Å². The number of pyridine rings is 1. The summed E-state index contributed by atoms with van der Waals surface area (Å²) in [6.45, 7) is 4.75. The molecule has 7 nitrogen and oxygen atoms in total. The van der Waals surface area contributed by atoms with Gasteiger partial charge in [-0.3, -0.25) is 9.59 Å². The predicted octanol–water partition coefficient (Wildman–Crippen LogP) is 2.47. The zero-order chi connectivity index (χ0) is 20.4. The van der Waals surface area contributed by atoms with Crippen molar-refractivity contribution in [2.75, 3.05) is 21.3 Å². The quantitative estimate of drug-likeness (QED) is 0.722. The fourth-order valence-electron chi connectivity index (χ4n) is 2.80. The summed E-state index contributed by atoms with van der Waals surface area (Å²) in [5, 5.41) is 10.1. The second-order valence-electron chi connectivity index (χ2n) is 6.53. The largest absolute Gasteiger partial charge is 0.496 e. The Morgan fingerprint density at radius 1 is 1.19 bits per heavy atom. The fourth-order valence-corrected chi connectivity index (χ4v) is 2.80. The maximum atomic E-state index is 13.0. The van der Waals surface area contributed by atoms with Crippen LogP contribution < -0.4 is 19.6 Å². The highest BCUT2D eigenvalue weighted by molar-refractivity contribution is 6.00. The third-order valence-electron chi connectivity index (χ3n) is 4.27. The first-order chi connectivity index (χ1) is 12.7. The minimum atomic E-state index is -1.52. The number of aliphatic hydroxyl groups is 1. The lowest BCUT2D eigenvalue weighted by Gasteiger charge is -2.16. The van der Waals surface area contributed by atoms with Gasteiger partial charge in [0.2, 0.25) is 5.43 Å². The molecule has 0 radical (unpaired) electrons. The molecule has 0 aliphatic carbocycles. The number of aromatic nitrogens is 1. The van der Waals surface area contributed by atoms with Crippen LogP contribution >= 0.6 is 0 Å². The van der Waals surface area contributed by atoms with Crippen molar-refractivity contribution in [3.8, 4) is 17.2 Å². The molecule has 0 amide bonds. The van der Waals surface area contributed by atoms with Crippen LogP contribution in [-0.2, 0) is 11.2 Å². The van der Waals surface area contributed by atoms with E-state index in [4.69, 9.17) is 14.2 Å². The number of aryl methyl sites for hydroxylation is 1. The predicted molar refractivity (Wildman–Crippen MR) is 104 cm³/mol. The van der Waals surface area contributed by atoms with Gasteiger partial charge in [-0.15, -0.1) is 0 Å². The molecule has 27 heavy (non-hydrogen) atoms. The minimum absolute atomic E-state index is 0.0342. The first-order valence-electron chi connectivity index (χ1n) is 8.52. The maximum absolute atomic E-state index is 13.0. The highest BCUT2D eigenvalue weighted by atomic mass is 16.5. The van der Waals surface area contributed by atoms with Crippen molar-refractivity contribution in [3.63, 3.8) is 0 Å². The number of fused-ring (bicyclic) bond motifs is 1. The number of benzene rings is 1. The summed E-state index contributed by atoms with van der Waals surface area (Å²) >= 11 is 0. The van der Waals surface area contributed by atoms with Gasteiger partial charge in [0.05, 0.1) is 37.9 Å². The fraction of sp³-hybridized carbons (Fsp3) is 0.400. The van der Waals surface area contributed by atoms with E-state index in [1.165, 1.54) is 47.3 Å². The molecule has 2 N–H and O–H groups in total. The minimum Gasteiger partial charge on any atom is -0.496 e. The molecule has 1 aromatic heterocycles. The molecule has 2 aromatic rings. The van der Waals surface area contributed by atoms with Crippen molar-refractivity contribution in [1.82, 2.24) is 4.98 Å². The summed E-state index contributed by atoms with van der Waals surface area (Å²) in [7, 11) is 4.38. The molecule has 0 aliphatic heterocycles. The number of ether oxygens (including phenoxy) is 3. The van der Waals surface area contributed by atoms with E-state index in [0.29, 0.717) is 34.5 Å². The van der Waals surface area contributed by atoms with Gasteiger partial charge in [0.15, 0.2) is 11.5 Å². The number of rotatable bonds is 7. The molecule has 0 aliphatic rings. The average molecular weight is 375 g/mol. The van der Waals surface area contributed by atoms with Gasteiger partial charge in [-0.25, -0.2) is 0 Å². The number of carbonyl (C=O) groups is 1. The van der Waals surface area contributed by atoms with Crippen LogP contribution in [0.4, 0.5) is 0 Å². The van der Waals surface area contributed by atoms with Gasteiger partial charge >= 0.3 is 0 Å². The van der Waals surface area contributed by atoms with Gasteiger partial charge in [-0.2, -0.15) is 0 Å². The van der Waals surface area contributed by atoms with Crippen molar-refractivity contribution < 1.29 is 24.1 Å². The molecular weight excluding hydrogens is 350 g/mol. The molecule has 0 unspecified atom stereocenters. The van der Waals surface area contributed by atoms with E-state index in [2.05, 4.69) is 4.98 Å². The lowest BCUT2D eigenvalue weighted by atomic mass is 10.0. The van der Waals surface area contributed by atoms with Crippen LogP contribution in [0.2, 0.25) is 0 Å². The number of carbonyl (C=O) groups excluding carboxylic acids is 1. The third kappa shape index (κ3) is 3.83. The van der Waals surface area contributed by atoms with Gasteiger partial charge in [0.1, 0.15) is 17.1 Å². The Morgan fingerprint density at radius 2 is 1.81 bits per heavy atom. The third-order valence-corrected chi connectivity index (χ3v) is 4.27. The molecule has 0 fully saturated rings. The zero-order valence-corrected chi connectivity index (χ0v) is 16.4. The van der Waals surface area contributed by atoms with Crippen molar-refractivity contribution in [1.29, 1.82) is 0 Å². The Bertz CT molecular complexity index is 950. The highest BCUT2D eigenvalue weighted by Gasteiger charge is 2.23. The molecule has 0 saturated heterocycles. The topological polar surface area (TPSA) is 97.9 Å². The average Bonchev–Trinajstić information content (AvgIpc) is 2.63. The van der Waals surface area contributed by atoms with Gasteiger partial charge in [0, 0.05) is 0 Å². The molecular formula is C20H25NO6. The van der Waals surface area contributed by atoms with Crippen LogP contribution in [0.25, 0.3) is 17.0 Å². The summed E-state index contributed by atoms with van der Waals surface area (Å²) in [6.07, 6.45) is 3.28. The van der Waals surface area contributed by atoms with Crippen molar-refractivity contribution in [3.05, 3.63) is 33.6 Å². The van der Waals surface area contributed by atoms with E-state index in [0.717, 1.165) is 5.56 Å². The van der Waals surface area contributed by atoms with Crippen LogP contribution in [0.3, 0.4) is 0 Å². The van der Waals surface area contributed by atoms with Crippen molar-refractivity contribution in [2.45, 2.75) is 32.8 Å². The first kappa shape index (κ1) is 20.5. The number of nitrogens with one attached hydrogen (secondary N) is 1. The molecule has 0 spiro atoms. The van der Waals surface area contributed by atoms with Crippen LogP contribution in [0.5, 0.6) is 17.2 Å². The Hall–Kier alpha value is -2.80. The van der Waals surface area contributed by atoms with E-state index in [1.807, 2.05) is 6.92 Å². The smallest absolute Gasteiger partial charge is 0.235 e. The SMILES string of the molecule is CCc1cc(OC)c2c(=O)c(OC)c(C=CC(=O)C(C)(C)O)[nH]c2c1OC. The summed E-state index contributed by atoms with van der Waals surface area (Å²) in [5.41, 5.74) is -0.294. The van der Waals surface area contributed by atoms with E-state index in [-0.39, 0.29) is 11.2 Å². The number of methoxy groups -OCH3 is 3. The molecule has 0 atom stereocenters. The summed E-state index contributed by atoms with van der Waals surface area (Å²) in [6, 6.07) is 1.77. The standard InChI is InChI=1S/C20H25NO6/c1-7-11-10-13(25-4)15-16(18(11)26-5)21-12(19(27-6)17(15)23)8-9-14(22)20(2,3)24/h8-10,24H,7H2,1-6H3,(H,21,23). The van der Waals surface area contributed by atoms with Crippen molar-refractivity contribution >= 4 is 22.8 Å². The number of hydrogen-bond donors (Lipinski definition) is 2.